The molecule has 0 N–H and O–H groups in total. The van der Waals surface area contributed by atoms with Gasteiger partial charge in [-0.05, 0) is 25.8 Å². The molecular formula is C10H22BrN. The van der Waals surface area contributed by atoms with Crippen molar-refractivity contribution in [1.29, 1.82) is 0 Å². The zero-order chi connectivity index (χ0) is 9.78. The zero-order valence-electron chi connectivity index (χ0n) is 9.02. The third-order valence-corrected chi connectivity index (χ3v) is 3.65. The third-order valence-electron chi connectivity index (χ3n) is 2.13. The summed E-state index contributed by atoms with van der Waals surface area (Å²) >= 11 is 3.55. The van der Waals surface area contributed by atoms with Gasteiger partial charge in [0.15, 0.2) is 0 Å². The second-order valence-corrected chi connectivity index (χ2v) is 5.02. The molecule has 0 aromatic heterocycles. The van der Waals surface area contributed by atoms with E-state index in [9.17, 15) is 0 Å². The molecule has 0 heterocycles. The Kier molecular flexibility index (Phi) is 5.42. The van der Waals surface area contributed by atoms with Gasteiger partial charge in [0.2, 0.25) is 0 Å². The summed E-state index contributed by atoms with van der Waals surface area (Å²) in [6, 6.07) is 0.660. The lowest BCUT2D eigenvalue weighted by molar-refractivity contribution is 0.166. The van der Waals surface area contributed by atoms with Crippen LogP contribution < -0.4 is 0 Å². The van der Waals surface area contributed by atoms with E-state index in [-0.39, 0.29) is 0 Å². The van der Waals surface area contributed by atoms with Crippen LogP contribution in [0.15, 0.2) is 0 Å². The van der Waals surface area contributed by atoms with Crippen molar-refractivity contribution < 1.29 is 0 Å². The molecular weight excluding hydrogens is 214 g/mol. The number of rotatable bonds is 5. The first-order valence-corrected chi connectivity index (χ1v) is 5.85. The topological polar surface area (TPSA) is 3.24 Å². The van der Waals surface area contributed by atoms with Crippen molar-refractivity contribution in [2.45, 2.75) is 40.7 Å². The second-order valence-electron chi connectivity index (χ2n) is 4.45. The summed E-state index contributed by atoms with van der Waals surface area (Å²) in [5.74, 6) is 0. The Bertz CT molecular complexity index is 121. The lowest BCUT2D eigenvalue weighted by Crippen LogP contribution is -2.39. The van der Waals surface area contributed by atoms with Gasteiger partial charge < -0.3 is 4.90 Å². The SMILES string of the molecule is CCN(CC(C)(C)CBr)C(C)C. The van der Waals surface area contributed by atoms with E-state index >= 15 is 0 Å². The first kappa shape index (κ1) is 12.4. The van der Waals surface area contributed by atoms with Crippen LogP contribution in [-0.4, -0.2) is 29.4 Å². The maximum atomic E-state index is 3.55. The van der Waals surface area contributed by atoms with Crippen LogP contribution in [0.3, 0.4) is 0 Å². The van der Waals surface area contributed by atoms with E-state index in [1.54, 1.807) is 0 Å². The molecule has 0 aliphatic rings. The minimum atomic E-state index is 0.389. The van der Waals surface area contributed by atoms with Gasteiger partial charge in [0.1, 0.15) is 0 Å². The molecule has 0 aliphatic carbocycles. The second kappa shape index (κ2) is 5.23. The minimum absolute atomic E-state index is 0.389. The highest BCUT2D eigenvalue weighted by Gasteiger charge is 2.20. The molecule has 0 fully saturated rings. The fraction of sp³-hybridized carbons (Fsp3) is 1.00. The maximum Gasteiger partial charge on any atom is 0.00949 e. The highest BCUT2D eigenvalue weighted by atomic mass is 79.9. The minimum Gasteiger partial charge on any atom is -0.301 e. The summed E-state index contributed by atoms with van der Waals surface area (Å²) in [4.78, 5) is 2.50. The van der Waals surface area contributed by atoms with E-state index in [1.807, 2.05) is 0 Å². The molecule has 0 aliphatic heterocycles. The van der Waals surface area contributed by atoms with Crippen molar-refractivity contribution in [3.63, 3.8) is 0 Å². The Morgan fingerprint density at radius 3 is 2.08 bits per heavy atom. The molecule has 0 radical (unpaired) electrons. The van der Waals surface area contributed by atoms with Gasteiger partial charge in [-0.3, -0.25) is 0 Å². The average Bonchev–Trinajstić information content (AvgIpc) is 2.00. The highest BCUT2D eigenvalue weighted by molar-refractivity contribution is 9.09. The number of alkyl halides is 1. The van der Waals surface area contributed by atoms with Gasteiger partial charge in [-0.1, -0.05) is 36.7 Å². The van der Waals surface area contributed by atoms with Crippen molar-refractivity contribution in [3.05, 3.63) is 0 Å². The summed E-state index contributed by atoms with van der Waals surface area (Å²) in [6.07, 6.45) is 0. The predicted molar refractivity (Wildman–Crippen MR) is 60.0 cm³/mol. The Labute approximate surface area is 85.7 Å². The Balaban J connectivity index is 4.01. The van der Waals surface area contributed by atoms with Gasteiger partial charge in [-0.2, -0.15) is 0 Å². The van der Waals surface area contributed by atoms with E-state index in [0.717, 1.165) is 11.9 Å². The average molecular weight is 236 g/mol. The third kappa shape index (κ3) is 4.46. The Morgan fingerprint density at radius 1 is 1.33 bits per heavy atom. The van der Waals surface area contributed by atoms with Crippen molar-refractivity contribution in [2.75, 3.05) is 18.4 Å². The highest BCUT2D eigenvalue weighted by Crippen LogP contribution is 2.20. The molecule has 0 aromatic rings. The molecule has 1 nitrogen and oxygen atoms in total. The molecule has 0 saturated heterocycles. The summed E-state index contributed by atoms with van der Waals surface area (Å²) in [5, 5.41) is 1.07. The van der Waals surface area contributed by atoms with Crippen molar-refractivity contribution in [1.82, 2.24) is 4.90 Å². The number of halogens is 1. The Hall–Kier alpha value is 0.440. The van der Waals surface area contributed by atoms with Gasteiger partial charge in [0, 0.05) is 17.9 Å². The molecule has 0 atom stereocenters. The normalized spacial score (nSPS) is 13.0. The smallest absolute Gasteiger partial charge is 0.00949 e. The molecule has 12 heavy (non-hydrogen) atoms. The largest absolute Gasteiger partial charge is 0.301 e. The van der Waals surface area contributed by atoms with Crippen LogP contribution in [0.4, 0.5) is 0 Å². The first-order chi connectivity index (χ1) is 5.43. The molecule has 0 amide bonds. The van der Waals surface area contributed by atoms with Gasteiger partial charge in [-0.15, -0.1) is 0 Å². The van der Waals surface area contributed by atoms with Gasteiger partial charge in [0.05, 0.1) is 0 Å². The van der Waals surface area contributed by atoms with E-state index < -0.39 is 0 Å². The predicted octanol–water partition coefficient (Wildman–Crippen LogP) is 3.14. The zero-order valence-corrected chi connectivity index (χ0v) is 10.6. The van der Waals surface area contributed by atoms with E-state index in [4.69, 9.17) is 0 Å². The van der Waals surface area contributed by atoms with Crippen molar-refractivity contribution in [2.24, 2.45) is 5.41 Å². The molecule has 2 heteroatoms. The Morgan fingerprint density at radius 2 is 1.83 bits per heavy atom. The first-order valence-electron chi connectivity index (χ1n) is 4.73. The fourth-order valence-electron chi connectivity index (χ4n) is 1.25. The van der Waals surface area contributed by atoms with Gasteiger partial charge in [0.25, 0.3) is 0 Å². The van der Waals surface area contributed by atoms with Crippen LogP contribution in [0.2, 0.25) is 0 Å². The molecule has 0 spiro atoms. The summed E-state index contributed by atoms with van der Waals surface area (Å²) < 4.78 is 0. The molecule has 0 saturated carbocycles. The lowest BCUT2D eigenvalue weighted by Gasteiger charge is -2.33. The van der Waals surface area contributed by atoms with Crippen LogP contribution in [0.1, 0.15) is 34.6 Å². The number of nitrogens with zero attached hydrogens (tertiary/aromatic N) is 1. The monoisotopic (exact) mass is 235 g/mol. The number of hydrogen-bond acceptors (Lipinski definition) is 1. The number of hydrogen-bond donors (Lipinski definition) is 0. The van der Waals surface area contributed by atoms with Crippen LogP contribution in [0, 0.1) is 5.41 Å². The van der Waals surface area contributed by atoms with Crippen molar-refractivity contribution in [3.8, 4) is 0 Å². The lowest BCUT2D eigenvalue weighted by atomic mass is 9.95. The fourth-order valence-corrected chi connectivity index (χ4v) is 1.43. The standard InChI is InChI=1S/C10H22BrN/c1-6-12(9(2)3)8-10(4,5)7-11/h9H,6-8H2,1-5H3. The molecule has 0 aromatic carbocycles. The molecule has 0 unspecified atom stereocenters. The van der Waals surface area contributed by atoms with E-state index in [2.05, 4.69) is 55.4 Å². The molecule has 0 rings (SSSR count). The van der Waals surface area contributed by atoms with Gasteiger partial charge in [-0.25, -0.2) is 0 Å². The molecule has 74 valence electrons. The van der Waals surface area contributed by atoms with Crippen LogP contribution in [-0.2, 0) is 0 Å². The summed E-state index contributed by atoms with van der Waals surface area (Å²) in [5.41, 5.74) is 0.389. The van der Waals surface area contributed by atoms with Gasteiger partial charge >= 0.3 is 0 Å². The van der Waals surface area contributed by atoms with Crippen LogP contribution in [0.25, 0.3) is 0 Å². The summed E-state index contributed by atoms with van der Waals surface area (Å²) in [6.45, 7) is 13.7. The van der Waals surface area contributed by atoms with Crippen LogP contribution in [0.5, 0.6) is 0 Å². The van der Waals surface area contributed by atoms with Crippen LogP contribution >= 0.6 is 15.9 Å². The molecule has 0 bridgehead atoms. The van der Waals surface area contributed by atoms with E-state index in [0.29, 0.717) is 11.5 Å². The summed E-state index contributed by atoms with van der Waals surface area (Å²) in [7, 11) is 0. The van der Waals surface area contributed by atoms with Crippen molar-refractivity contribution >= 4 is 15.9 Å². The van der Waals surface area contributed by atoms with E-state index in [1.165, 1.54) is 6.54 Å². The maximum absolute atomic E-state index is 3.55. The quantitative estimate of drug-likeness (QED) is 0.663.